The maximum Gasteiger partial charge on any atom is 0.434 e. The lowest BCUT2D eigenvalue weighted by atomic mass is 10.1. The average Bonchev–Trinajstić information content (AvgIpc) is 2.55. The minimum absolute atomic E-state index is 0.0423. The van der Waals surface area contributed by atoms with Crippen LogP contribution in [0.3, 0.4) is 0 Å². The van der Waals surface area contributed by atoms with Crippen molar-refractivity contribution in [2.45, 2.75) is 19.5 Å². The highest BCUT2D eigenvalue weighted by Crippen LogP contribution is 2.30. The number of benzene rings is 1. The number of carbonyl (C=O) groups is 1. The summed E-state index contributed by atoms with van der Waals surface area (Å²) in [6, 6.07) is 6.72. The predicted octanol–water partition coefficient (Wildman–Crippen LogP) is 2.55. The molecule has 1 aromatic heterocycles. The molecule has 1 aromatic carbocycles. The van der Waals surface area contributed by atoms with Crippen LogP contribution in [0.4, 0.5) is 18.9 Å². The van der Waals surface area contributed by atoms with Gasteiger partial charge in [0.1, 0.15) is 11.4 Å². The normalized spacial score (nSPS) is 11.2. The van der Waals surface area contributed by atoms with Crippen LogP contribution in [0.25, 0.3) is 0 Å². The Morgan fingerprint density at radius 1 is 1.29 bits per heavy atom. The molecular formula is C15H15F3N4O2. The summed E-state index contributed by atoms with van der Waals surface area (Å²) < 4.78 is 44.0. The zero-order chi connectivity index (χ0) is 17.7. The topological polar surface area (TPSA) is 90.1 Å². The van der Waals surface area contributed by atoms with E-state index in [9.17, 15) is 18.0 Å². The SMILES string of the molecule is CCOC(=O)c1cnc(Cc2ccc(NN)cc2)nc1C(F)(F)F. The van der Waals surface area contributed by atoms with E-state index < -0.39 is 23.4 Å². The van der Waals surface area contributed by atoms with Gasteiger partial charge in [0.05, 0.1) is 6.61 Å². The van der Waals surface area contributed by atoms with E-state index in [1.807, 2.05) is 0 Å². The molecular weight excluding hydrogens is 325 g/mol. The third-order valence-corrected chi connectivity index (χ3v) is 3.09. The van der Waals surface area contributed by atoms with Gasteiger partial charge in [-0.2, -0.15) is 13.2 Å². The van der Waals surface area contributed by atoms with Crippen LogP contribution in [0.2, 0.25) is 0 Å². The first-order chi connectivity index (χ1) is 11.3. The van der Waals surface area contributed by atoms with Crippen molar-refractivity contribution in [2.24, 2.45) is 5.84 Å². The van der Waals surface area contributed by atoms with E-state index in [-0.39, 0.29) is 18.9 Å². The van der Waals surface area contributed by atoms with Crippen molar-refractivity contribution in [1.82, 2.24) is 9.97 Å². The van der Waals surface area contributed by atoms with Gasteiger partial charge >= 0.3 is 12.1 Å². The van der Waals surface area contributed by atoms with Gasteiger partial charge in [-0.3, -0.25) is 5.84 Å². The van der Waals surface area contributed by atoms with Crippen LogP contribution in [0, 0.1) is 0 Å². The molecule has 0 amide bonds. The minimum Gasteiger partial charge on any atom is -0.462 e. The van der Waals surface area contributed by atoms with E-state index in [1.54, 1.807) is 24.3 Å². The molecule has 0 unspecified atom stereocenters. The molecule has 0 atom stereocenters. The third-order valence-electron chi connectivity index (χ3n) is 3.09. The summed E-state index contributed by atoms with van der Waals surface area (Å²) in [4.78, 5) is 19.0. The van der Waals surface area contributed by atoms with E-state index in [1.165, 1.54) is 6.92 Å². The number of nitrogens with one attached hydrogen (secondary N) is 1. The molecule has 6 nitrogen and oxygen atoms in total. The number of carbonyl (C=O) groups excluding carboxylic acids is 1. The Kier molecular flexibility index (Phi) is 5.35. The molecule has 24 heavy (non-hydrogen) atoms. The molecule has 0 radical (unpaired) electrons. The molecule has 0 aliphatic carbocycles. The number of alkyl halides is 3. The fraction of sp³-hybridized carbons (Fsp3) is 0.267. The first-order valence-electron chi connectivity index (χ1n) is 7.01. The fourth-order valence-corrected chi connectivity index (χ4v) is 1.98. The van der Waals surface area contributed by atoms with Gasteiger partial charge in [0, 0.05) is 18.3 Å². The number of hydrogen-bond acceptors (Lipinski definition) is 6. The summed E-state index contributed by atoms with van der Waals surface area (Å²) in [6.45, 7) is 1.46. The molecule has 128 valence electrons. The van der Waals surface area contributed by atoms with Gasteiger partial charge in [-0.1, -0.05) is 12.1 Å². The summed E-state index contributed by atoms with van der Waals surface area (Å²) in [6.07, 6.45) is -3.86. The second-order valence-corrected chi connectivity index (χ2v) is 4.78. The number of halogens is 3. The molecule has 2 aromatic rings. The van der Waals surface area contributed by atoms with E-state index in [4.69, 9.17) is 5.84 Å². The largest absolute Gasteiger partial charge is 0.462 e. The lowest BCUT2D eigenvalue weighted by molar-refractivity contribution is -0.142. The van der Waals surface area contributed by atoms with Crippen LogP contribution >= 0.6 is 0 Å². The minimum atomic E-state index is -4.78. The maximum absolute atomic E-state index is 13.1. The number of hydrogen-bond donors (Lipinski definition) is 2. The van der Waals surface area contributed by atoms with E-state index in [0.29, 0.717) is 11.3 Å². The van der Waals surface area contributed by atoms with Gasteiger partial charge < -0.3 is 10.2 Å². The Balaban J connectivity index is 2.33. The zero-order valence-electron chi connectivity index (χ0n) is 12.7. The first-order valence-corrected chi connectivity index (χ1v) is 7.01. The molecule has 1 heterocycles. The smallest absolute Gasteiger partial charge is 0.434 e. The molecule has 0 aliphatic rings. The van der Waals surface area contributed by atoms with Crippen molar-refractivity contribution in [2.75, 3.05) is 12.0 Å². The summed E-state index contributed by atoms with van der Waals surface area (Å²) in [5.74, 6) is 4.09. The Morgan fingerprint density at radius 3 is 2.50 bits per heavy atom. The lowest BCUT2D eigenvalue weighted by Crippen LogP contribution is -2.19. The standard InChI is InChI=1S/C15H15F3N4O2/c1-2-24-14(23)11-8-20-12(21-13(11)15(16,17)18)7-9-3-5-10(22-19)6-4-9/h3-6,8,22H,2,7,19H2,1H3. The molecule has 2 rings (SSSR count). The van der Waals surface area contributed by atoms with Crippen molar-refractivity contribution in [1.29, 1.82) is 0 Å². The third kappa shape index (κ3) is 4.19. The van der Waals surface area contributed by atoms with Crippen LogP contribution in [-0.2, 0) is 17.3 Å². The molecule has 3 N–H and O–H groups in total. The first kappa shape index (κ1) is 17.7. The van der Waals surface area contributed by atoms with Crippen molar-refractivity contribution in [3.63, 3.8) is 0 Å². The van der Waals surface area contributed by atoms with Gasteiger partial charge in [-0.05, 0) is 24.6 Å². The number of hydrazine groups is 1. The highest BCUT2D eigenvalue weighted by molar-refractivity contribution is 5.90. The van der Waals surface area contributed by atoms with Crippen molar-refractivity contribution >= 4 is 11.7 Å². The van der Waals surface area contributed by atoms with Crippen molar-refractivity contribution < 1.29 is 22.7 Å². The second kappa shape index (κ2) is 7.26. The number of aromatic nitrogens is 2. The van der Waals surface area contributed by atoms with Gasteiger partial charge in [-0.25, -0.2) is 14.8 Å². The average molecular weight is 340 g/mol. The molecule has 0 aliphatic heterocycles. The van der Waals surface area contributed by atoms with Crippen LogP contribution in [-0.4, -0.2) is 22.5 Å². The molecule has 0 bridgehead atoms. The number of anilines is 1. The van der Waals surface area contributed by atoms with Gasteiger partial charge in [0.15, 0.2) is 5.69 Å². The van der Waals surface area contributed by atoms with Crippen molar-refractivity contribution in [3.05, 3.63) is 53.1 Å². The number of esters is 1. The van der Waals surface area contributed by atoms with E-state index in [0.717, 1.165) is 6.20 Å². The number of nitrogen functional groups attached to an aromatic ring is 1. The van der Waals surface area contributed by atoms with Crippen molar-refractivity contribution in [3.8, 4) is 0 Å². The van der Waals surface area contributed by atoms with Gasteiger partial charge in [0.2, 0.25) is 0 Å². The second-order valence-electron chi connectivity index (χ2n) is 4.78. The fourth-order valence-electron chi connectivity index (χ4n) is 1.98. The van der Waals surface area contributed by atoms with E-state index >= 15 is 0 Å². The number of rotatable bonds is 5. The zero-order valence-corrected chi connectivity index (χ0v) is 12.7. The monoisotopic (exact) mass is 340 g/mol. The highest BCUT2D eigenvalue weighted by atomic mass is 19.4. The van der Waals surface area contributed by atoms with Crippen LogP contribution in [0.5, 0.6) is 0 Å². The maximum atomic E-state index is 13.1. The highest BCUT2D eigenvalue weighted by Gasteiger charge is 2.38. The number of nitrogens with two attached hydrogens (primary N) is 1. The van der Waals surface area contributed by atoms with Gasteiger partial charge in [0.25, 0.3) is 0 Å². The Hall–Kier alpha value is -2.68. The molecule has 0 fully saturated rings. The molecule has 0 spiro atoms. The van der Waals surface area contributed by atoms with E-state index in [2.05, 4.69) is 20.1 Å². The number of ether oxygens (including phenoxy) is 1. The van der Waals surface area contributed by atoms with Crippen LogP contribution in [0.1, 0.15) is 34.4 Å². The Morgan fingerprint density at radius 2 is 1.96 bits per heavy atom. The van der Waals surface area contributed by atoms with Crippen LogP contribution in [0.15, 0.2) is 30.5 Å². The quantitative estimate of drug-likeness (QED) is 0.494. The summed E-state index contributed by atoms with van der Waals surface area (Å²) in [5.41, 5.74) is 1.81. The Bertz CT molecular complexity index is 718. The summed E-state index contributed by atoms with van der Waals surface area (Å²) in [5, 5.41) is 0. The lowest BCUT2D eigenvalue weighted by Gasteiger charge is -2.12. The molecule has 0 saturated carbocycles. The summed E-state index contributed by atoms with van der Waals surface area (Å²) >= 11 is 0. The van der Waals surface area contributed by atoms with Gasteiger partial charge in [-0.15, -0.1) is 0 Å². The summed E-state index contributed by atoms with van der Waals surface area (Å²) in [7, 11) is 0. The Labute approximate surface area is 135 Å². The van der Waals surface area contributed by atoms with Crippen LogP contribution < -0.4 is 11.3 Å². The molecule has 0 saturated heterocycles. The molecule has 9 heteroatoms. The number of nitrogens with zero attached hydrogens (tertiary/aromatic N) is 2. The predicted molar refractivity (Wildman–Crippen MR) is 80.0 cm³/mol.